The van der Waals surface area contributed by atoms with Crippen molar-refractivity contribution in [2.75, 3.05) is 12.3 Å². The minimum Gasteiger partial charge on any atom is -0.264 e. The summed E-state index contributed by atoms with van der Waals surface area (Å²) < 4.78 is 64.9. The molecule has 0 atom stereocenters. The number of rotatable bonds is 8. The Morgan fingerprint density at radius 1 is 1.00 bits per heavy atom. The highest BCUT2D eigenvalue weighted by Crippen LogP contribution is 2.09. The summed E-state index contributed by atoms with van der Waals surface area (Å²) >= 11 is 0. The van der Waals surface area contributed by atoms with Gasteiger partial charge in [0, 0.05) is 25.5 Å². The molecule has 10 heteroatoms. The van der Waals surface area contributed by atoms with E-state index >= 15 is 0 Å². The molecule has 1 aromatic carbocycles. The van der Waals surface area contributed by atoms with Crippen LogP contribution in [-0.2, 0) is 26.6 Å². The summed E-state index contributed by atoms with van der Waals surface area (Å²) in [4.78, 5) is 3.73. The summed E-state index contributed by atoms with van der Waals surface area (Å²) in [6.45, 7) is -0.233. The second-order valence-electron chi connectivity index (χ2n) is 4.85. The molecule has 0 saturated carbocycles. The summed E-state index contributed by atoms with van der Waals surface area (Å²) in [5.74, 6) is -0.982. The van der Waals surface area contributed by atoms with Crippen LogP contribution in [0, 0.1) is 5.82 Å². The van der Waals surface area contributed by atoms with Crippen LogP contribution >= 0.6 is 0 Å². The number of nitrogens with zero attached hydrogens (tertiary/aromatic N) is 1. The fourth-order valence-electron chi connectivity index (χ4n) is 1.78. The lowest BCUT2D eigenvalue weighted by molar-refractivity contribution is 0.574. The zero-order valence-corrected chi connectivity index (χ0v) is 14.1. The fraction of sp³-hybridized carbons (Fsp3) is 0.214. The van der Waals surface area contributed by atoms with E-state index < -0.39 is 31.6 Å². The van der Waals surface area contributed by atoms with E-state index in [2.05, 4.69) is 14.4 Å². The van der Waals surface area contributed by atoms with Gasteiger partial charge in [-0.05, 0) is 35.9 Å². The van der Waals surface area contributed by atoms with Crippen molar-refractivity contribution >= 4 is 20.0 Å². The van der Waals surface area contributed by atoms with Gasteiger partial charge in [-0.15, -0.1) is 0 Å². The molecule has 0 unspecified atom stereocenters. The number of hydrogen-bond acceptors (Lipinski definition) is 5. The summed E-state index contributed by atoms with van der Waals surface area (Å²) in [5, 5.41) is 0. The van der Waals surface area contributed by atoms with E-state index in [1.165, 1.54) is 6.20 Å². The largest absolute Gasteiger partial charge is 0.264 e. The third-order valence-corrected chi connectivity index (χ3v) is 5.81. The third kappa shape index (κ3) is 5.64. The fourth-order valence-corrected chi connectivity index (χ4v) is 3.84. The Labute approximate surface area is 140 Å². The number of halogens is 1. The van der Waals surface area contributed by atoms with Crippen LogP contribution in [0.15, 0.2) is 53.7 Å². The van der Waals surface area contributed by atoms with Gasteiger partial charge in [0.05, 0.1) is 10.6 Å². The van der Waals surface area contributed by atoms with Crippen molar-refractivity contribution < 1.29 is 21.2 Å². The van der Waals surface area contributed by atoms with Gasteiger partial charge in [0.15, 0.2) is 0 Å². The predicted molar refractivity (Wildman–Crippen MR) is 86.5 cm³/mol. The lowest BCUT2D eigenvalue weighted by Gasteiger charge is -2.08. The second-order valence-corrected chi connectivity index (χ2v) is 8.55. The highest BCUT2D eigenvalue weighted by Gasteiger charge is 2.16. The first-order valence-electron chi connectivity index (χ1n) is 6.90. The van der Waals surface area contributed by atoms with Gasteiger partial charge in [0.25, 0.3) is 0 Å². The molecule has 0 spiro atoms. The first kappa shape index (κ1) is 18.5. The Morgan fingerprint density at radius 2 is 1.71 bits per heavy atom. The first-order chi connectivity index (χ1) is 11.3. The van der Waals surface area contributed by atoms with Crippen molar-refractivity contribution in [2.45, 2.75) is 11.4 Å². The zero-order valence-electron chi connectivity index (χ0n) is 12.5. The van der Waals surface area contributed by atoms with Gasteiger partial charge < -0.3 is 0 Å². The molecular weight excluding hydrogens is 357 g/mol. The zero-order chi connectivity index (χ0) is 17.6. The van der Waals surface area contributed by atoms with Gasteiger partial charge >= 0.3 is 0 Å². The average Bonchev–Trinajstić information content (AvgIpc) is 2.54. The van der Waals surface area contributed by atoms with Gasteiger partial charge in [-0.3, -0.25) is 4.98 Å². The smallest absolute Gasteiger partial charge is 0.240 e. The van der Waals surface area contributed by atoms with Gasteiger partial charge in [-0.25, -0.2) is 30.7 Å². The molecule has 1 aromatic heterocycles. The van der Waals surface area contributed by atoms with E-state index in [1.807, 2.05) is 0 Å². The monoisotopic (exact) mass is 373 g/mol. The van der Waals surface area contributed by atoms with Crippen molar-refractivity contribution in [1.29, 1.82) is 0 Å². The molecule has 1 heterocycles. The first-order valence-corrected chi connectivity index (χ1v) is 10.0. The van der Waals surface area contributed by atoms with Crippen LogP contribution < -0.4 is 9.44 Å². The van der Waals surface area contributed by atoms with Crippen LogP contribution in [0.2, 0.25) is 0 Å². The number of hydrogen-bond donors (Lipinski definition) is 2. The normalized spacial score (nSPS) is 12.2. The van der Waals surface area contributed by atoms with E-state index in [-0.39, 0.29) is 18.0 Å². The molecule has 0 amide bonds. The number of pyridine rings is 1. The number of benzene rings is 1. The Kier molecular flexibility index (Phi) is 5.99. The Bertz CT molecular complexity index is 870. The van der Waals surface area contributed by atoms with Crippen LogP contribution in [0.3, 0.4) is 0 Å². The van der Waals surface area contributed by atoms with Crippen LogP contribution in [0.25, 0.3) is 0 Å². The van der Waals surface area contributed by atoms with Crippen LogP contribution in [0.4, 0.5) is 4.39 Å². The highest BCUT2D eigenvalue weighted by molar-refractivity contribution is 7.90. The molecule has 0 aliphatic carbocycles. The minimum absolute atomic E-state index is 0.0703. The summed E-state index contributed by atoms with van der Waals surface area (Å²) in [5.41, 5.74) is 0.688. The number of aromatic nitrogens is 1. The van der Waals surface area contributed by atoms with Gasteiger partial charge in [0.2, 0.25) is 20.0 Å². The van der Waals surface area contributed by atoms with Crippen molar-refractivity contribution in [3.8, 4) is 0 Å². The maximum absolute atomic E-state index is 12.8. The van der Waals surface area contributed by atoms with Crippen molar-refractivity contribution in [2.24, 2.45) is 0 Å². The molecular formula is C14H16FN3O4S2. The maximum atomic E-state index is 12.8. The molecule has 2 aromatic rings. The van der Waals surface area contributed by atoms with E-state index in [4.69, 9.17) is 0 Å². The molecule has 130 valence electrons. The number of sulfonamides is 2. The SMILES string of the molecule is O=S(=O)(CCNS(=O)(=O)c1ccc(F)cc1)NCc1cccnc1. The molecule has 0 saturated heterocycles. The molecule has 0 aliphatic rings. The average molecular weight is 373 g/mol. The topological polar surface area (TPSA) is 105 Å². The number of nitrogens with one attached hydrogen (secondary N) is 2. The summed E-state index contributed by atoms with van der Waals surface area (Å²) in [6, 6.07) is 7.63. The quantitative estimate of drug-likeness (QED) is 0.706. The molecule has 0 bridgehead atoms. The lowest BCUT2D eigenvalue weighted by atomic mass is 10.3. The summed E-state index contributed by atoms with van der Waals surface area (Å²) in [7, 11) is -7.54. The predicted octanol–water partition coefficient (Wildman–Crippen LogP) is 0.619. The molecule has 7 nitrogen and oxygen atoms in total. The molecule has 0 fully saturated rings. The van der Waals surface area contributed by atoms with E-state index in [9.17, 15) is 21.2 Å². The molecule has 0 radical (unpaired) electrons. The van der Waals surface area contributed by atoms with E-state index in [1.54, 1.807) is 18.3 Å². The Balaban J connectivity index is 1.87. The van der Waals surface area contributed by atoms with Crippen molar-refractivity contribution in [1.82, 2.24) is 14.4 Å². The Morgan fingerprint density at radius 3 is 2.33 bits per heavy atom. The lowest BCUT2D eigenvalue weighted by Crippen LogP contribution is -2.34. The minimum atomic E-state index is -3.89. The summed E-state index contributed by atoms with van der Waals surface area (Å²) in [6.07, 6.45) is 3.10. The Hall–Kier alpha value is -1.88. The molecule has 24 heavy (non-hydrogen) atoms. The highest BCUT2D eigenvalue weighted by atomic mass is 32.2. The van der Waals surface area contributed by atoms with Gasteiger partial charge in [-0.2, -0.15) is 0 Å². The van der Waals surface area contributed by atoms with Gasteiger partial charge in [-0.1, -0.05) is 6.07 Å². The maximum Gasteiger partial charge on any atom is 0.240 e. The second kappa shape index (κ2) is 7.79. The molecule has 2 N–H and O–H groups in total. The van der Waals surface area contributed by atoms with Crippen LogP contribution in [0.1, 0.15) is 5.56 Å². The van der Waals surface area contributed by atoms with Gasteiger partial charge in [0.1, 0.15) is 5.82 Å². The van der Waals surface area contributed by atoms with Crippen LogP contribution in [0.5, 0.6) is 0 Å². The van der Waals surface area contributed by atoms with E-state index in [0.29, 0.717) is 5.56 Å². The standard InChI is InChI=1S/C14H16FN3O4S2/c15-13-3-5-14(6-4-13)24(21,22)17-8-9-23(19,20)18-11-12-2-1-7-16-10-12/h1-7,10,17-18H,8-9,11H2. The van der Waals surface area contributed by atoms with Crippen molar-refractivity contribution in [3.63, 3.8) is 0 Å². The molecule has 2 rings (SSSR count). The van der Waals surface area contributed by atoms with E-state index in [0.717, 1.165) is 24.3 Å². The van der Waals surface area contributed by atoms with Crippen molar-refractivity contribution in [3.05, 3.63) is 60.2 Å². The third-order valence-electron chi connectivity index (χ3n) is 3.01. The van der Waals surface area contributed by atoms with Crippen LogP contribution in [-0.4, -0.2) is 34.1 Å². The molecule has 0 aliphatic heterocycles.